The Labute approximate surface area is 251 Å². The number of halogens is 5. The summed E-state index contributed by atoms with van der Waals surface area (Å²) in [5.74, 6) is 4.16. The van der Waals surface area contributed by atoms with Crippen molar-refractivity contribution in [3.63, 3.8) is 0 Å². The van der Waals surface area contributed by atoms with Gasteiger partial charge in [0, 0.05) is 43.6 Å². The molecule has 0 saturated carbocycles. The second kappa shape index (κ2) is 13.4. The lowest BCUT2D eigenvalue weighted by Crippen LogP contribution is -2.50. The van der Waals surface area contributed by atoms with E-state index in [0.717, 1.165) is 29.3 Å². The van der Waals surface area contributed by atoms with Gasteiger partial charge >= 0.3 is 6.18 Å². The predicted molar refractivity (Wildman–Crippen MR) is 155 cm³/mol. The zero-order chi connectivity index (χ0) is 32.2. The molecule has 4 rings (SSSR count). The fourth-order valence-corrected chi connectivity index (χ4v) is 5.90. The van der Waals surface area contributed by atoms with Gasteiger partial charge in [-0.25, -0.2) is 22.2 Å². The van der Waals surface area contributed by atoms with Gasteiger partial charge in [-0.05, 0) is 30.5 Å². The van der Waals surface area contributed by atoms with Crippen LogP contribution in [0.25, 0.3) is 11.0 Å². The highest BCUT2D eigenvalue weighted by molar-refractivity contribution is 7.90. The Balaban J connectivity index is 1.62. The Bertz CT molecular complexity index is 1700. The molecule has 1 aromatic heterocycles. The molecule has 2 N–H and O–H groups in total. The number of hydrogen-bond donors (Lipinski definition) is 2. The third kappa shape index (κ3) is 7.97. The average molecular weight is 642 g/mol. The molecule has 0 spiro atoms. The normalized spacial score (nSPS) is 17.6. The zero-order valence-electron chi connectivity index (χ0n) is 24.3. The van der Waals surface area contributed by atoms with E-state index in [0.29, 0.717) is 26.1 Å². The summed E-state index contributed by atoms with van der Waals surface area (Å²) >= 11 is 0. The summed E-state index contributed by atoms with van der Waals surface area (Å²) in [4.78, 5) is 19.0. The lowest BCUT2D eigenvalue weighted by molar-refractivity contribution is -0.139. The Morgan fingerprint density at radius 3 is 2.61 bits per heavy atom. The van der Waals surface area contributed by atoms with Gasteiger partial charge < -0.3 is 24.8 Å². The van der Waals surface area contributed by atoms with Crippen molar-refractivity contribution in [1.82, 2.24) is 19.8 Å². The summed E-state index contributed by atoms with van der Waals surface area (Å²) in [5, 5.41) is 5.82. The number of fused-ring (bicyclic) bond motifs is 1. The first kappa shape index (κ1) is 33.0. The highest BCUT2D eigenvalue weighted by atomic mass is 32.2. The van der Waals surface area contributed by atoms with E-state index < -0.39 is 45.9 Å². The van der Waals surface area contributed by atoms with Gasteiger partial charge in [-0.2, -0.15) is 13.2 Å². The first-order chi connectivity index (χ1) is 20.7. The number of methoxy groups -OCH3 is 1. The molecule has 0 radical (unpaired) electrons. The van der Waals surface area contributed by atoms with Gasteiger partial charge in [0.25, 0.3) is 5.91 Å². The second-order valence-electron chi connectivity index (χ2n) is 10.6. The summed E-state index contributed by atoms with van der Waals surface area (Å²) in [6, 6.07) is 4.62. The number of likely N-dealkylation sites (tertiary alicyclic amines) is 1. The van der Waals surface area contributed by atoms with E-state index in [1.54, 1.807) is 0 Å². The molecule has 1 saturated heterocycles. The molecule has 0 aliphatic carbocycles. The Morgan fingerprint density at radius 2 is 1.98 bits per heavy atom. The number of rotatable bonds is 9. The highest BCUT2D eigenvalue weighted by Crippen LogP contribution is 2.30. The van der Waals surface area contributed by atoms with Gasteiger partial charge in [-0.1, -0.05) is 18.8 Å². The number of carbonyl (C=O) groups is 1. The number of imidazole rings is 1. The number of sulfone groups is 1. The van der Waals surface area contributed by atoms with Crippen molar-refractivity contribution in [3.05, 3.63) is 47.5 Å². The van der Waals surface area contributed by atoms with Crippen LogP contribution in [0.5, 0.6) is 5.75 Å². The minimum absolute atomic E-state index is 0.0123. The number of alkyl halides is 4. The van der Waals surface area contributed by atoms with Crippen molar-refractivity contribution in [3.8, 4) is 17.6 Å². The zero-order valence-corrected chi connectivity index (χ0v) is 25.1. The molecule has 1 aliphatic heterocycles. The van der Waals surface area contributed by atoms with Crippen molar-refractivity contribution in [2.75, 3.05) is 51.5 Å². The smallest absolute Gasteiger partial charge is 0.406 e. The fourth-order valence-electron chi connectivity index (χ4n) is 5.15. The SMILES string of the molecule is COc1cc(F)c(S(C)(=O)=O)cc1NCC#Cc1cc(C(=O)N[C@H]2CCN(CCF)C[C@@H]2C)c2ncn(CC(F)(F)F)c2c1. The molecule has 2 heterocycles. The lowest BCUT2D eigenvalue weighted by atomic mass is 9.93. The Hall–Kier alpha value is -3.90. The van der Waals surface area contributed by atoms with Gasteiger partial charge in [-0.15, -0.1) is 0 Å². The molecule has 3 aromatic rings. The summed E-state index contributed by atoms with van der Waals surface area (Å²) in [5.41, 5.74) is 0.603. The van der Waals surface area contributed by atoms with Gasteiger partial charge in [0.2, 0.25) is 0 Å². The second-order valence-corrected chi connectivity index (χ2v) is 12.6. The highest BCUT2D eigenvalue weighted by Gasteiger charge is 2.31. The molecule has 238 valence electrons. The summed E-state index contributed by atoms with van der Waals surface area (Å²) < 4.78 is 96.7. The minimum atomic E-state index is -4.54. The van der Waals surface area contributed by atoms with Crippen LogP contribution in [-0.4, -0.2) is 87.2 Å². The molecule has 0 bridgehead atoms. The number of anilines is 1. The molecular weight excluding hydrogens is 609 g/mol. The van der Waals surface area contributed by atoms with Crippen LogP contribution in [0.15, 0.2) is 35.5 Å². The molecule has 1 aliphatic rings. The van der Waals surface area contributed by atoms with Crippen LogP contribution >= 0.6 is 0 Å². The molecule has 1 amide bonds. The maximum atomic E-state index is 14.2. The number of ether oxygens (including phenoxy) is 1. The number of amides is 1. The number of carbonyl (C=O) groups excluding carboxylic acids is 1. The van der Waals surface area contributed by atoms with E-state index in [2.05, 4.69) is 27.5 Å². The molecule has 15 heteroatoms. The molecular formula is C29H32F5N5O4S. The van der Waals surface area contributed by atoms with E-state index in [9.17, 15) is 35.2 Å². The molecule has 9 nitrogen and oxygen atoms in total. The van der Waals surface area contributed by atoms with Crippen LogP contribution in [-0.2, 0) is 16.4 Å². The van der Waals surface area contributed by atoms with Crippen LogP contribution < -0.4 is 15.4 Å². The summed E-state index contributed by atoms with van der Waals surface area (Å²) in [6.45, 7) is 1.56. The number of nitrogens with zero attached hydrogens (tertiary/aromatic N) is 3. The van der Waals surface area contributed by atoms with Gasteiger partial charge in [0.05, 0.1) is 36.7 Å². The van der Waals surface area contributed by atoms with Crippen molar-refractivity contribution in [2.45, 2.75) is 37.0 Å². The van der Waals surface area contributed by atoms with Crippen LogP contribution in [0, 0.1) is 23.6 Å². The molecule has 1 fully saturated rings. The summed E-state index contributed by atoms with van der Waals surface area (Å²) in [7, 11) is -2.59. The summed E-state index contributed by atoms with van der Waals surface area (Å²) in [6.07, 6.45) is -2.07. The van der Waals surface area contributed by atoms with Gasteiger partial charge in [-0.3, -0.25) is 4.79 Å². The topological polar surface area (TPSA) is 106 Å². The Morgan fingerprint density at radius 1 is 1.23 bits per heavy atom. The van der Waals surface area contributed by atoms with Gasteiger partial charge in [0.1, 0.15) is 35.2 Å². The number of aromatic nitrogens is 2. The monoisotopic (exact) mass is 641 g/mol. The fraction of sp³-hybridized carbons (Fsp3) is 0.448. The quantitative estimate of drug-likeness (QED) is 0.269. The standard InChI is InChI=1S/C29H32F5N5O4S/c1-18-15-38(10-7-30)9-6-22(18)37-28(40)20-11-19(12-24-27(20)36-17-39(24)16-29(32,33)34)5-4-8-35-23-14-26(44(3,41)42)21(31)13-25(23)43-2/h11-14,17-18,22,35H,6-10,15-16H2,1-3H3,(H,37,40)/t18-,22-/m0/s1. The minimum Gasteiger partial charge on any atom is -0.494 e. The van der Waals surface area contributed by atoms with Crippen molar-refractivity contribution in [1.29, 1.82) is 0 Å². The lowest BCUT2D eigenvalue weighted by Gasteiger charge is -2.36. The van der Waals surface area contributed by atoms with Crippen molar-refractivity contribution in [2.24, 2.45) is 5.92 Å². The number of hydrogen-bond acceptors (Lipinski definition) is 7. The van der Waals surface area contributed by atoms with E-state index in [-0.39, 0.29) is 52.1 Å². The first-order valence-electron chi connectivity index (χ1n) is 13.6. The number of piperidine rings is 1. The van der Waals surface area contributed by atoms with Gasteiger partial charge in [0.15, 0.2) is 9.84 Å². The van der Waals surface area contributed by atoms with E-state index in [1.165, 1.54) is 19.2 Å². The molecule has 44 heavy (non-hydrogen) atoms. The van der Waals surface area contributed by atoms with Crippen LogP contribution in [0.2, 0.25) is 0 Å². The predicted octanol–water partition coefficient (Wildman–Crippen LogP) is 4.02. The first-order valence-corrected chi connectivity index (χ1v) is 15.5. The Kier molecular flexibility index (Phi) is 10.0. The van der Waals surface area contributed by atoms with E-state index in [4.69, 9.17) is 4.74 Å². The maximum absolute atomic E-state index is 14.2. The number of nitrogens with one attached hydrogen (secondary N) is 2. The molecule has 2 atom stereocenters. The third-order valence-electron chi connectivity index (χ3n) is 7.28. The molecule has 0 unspecified atom stereocenters. The average Bonchev–Trinajstić information content (AvgIpc) is 3.32. The van der Waals surface area contributed by atoms with Crippen LogP contribution in [0.4, 0.5) is 27.6 Å². The van der Waals surface area contributed by atoms with Crippen LogP contribution in [0.1, 0.15) is 29.3 Å². The van der Waals surface area contributed by atoms with Crippen LogP contribution in [0.3, 0.4) is 0 Å². The third-order valence-corrected chi connectivity index (χ3v) is 8.39. The largest absolute Gasteiger partial charge is 0.494 e. The van der Waals surface area contributed by atoms with Crippen molar-refractivity contribution < 1.29 is 39.9 Å². The van der Waals surface area contributed by atoms with E-state index in [1.807, 2.05) is 11.8 Å². The van der Waals surface area contributed by atoms with Crippen molar-refractivity contribution >= 4 is 32.5 Å². The van der Waals surface area contributed by atoms with E-state index >= 15 is 0 Å². The molecule has 2 aromatic carbocycles. The number of benzene rings is 2. The maximum Gasteiger partial charge on any atom is 0.406 e.